The van der Waals surface area contributed by atoms with Crippen molar-refractivity contribution in [2.45, 2.75) is 12.5 Å². The highest BCUT2D eigenvalue weighted by molar-refractivity contribution is 9.10. The summed E-state index contributed by atoms with van der Waals surface area (Å²) in [7, 11) is 1.47. The number of benzene rings is 1. The largest absolute Gasteiger partial charge is 0.497 e. The van der Waals surface area contributed by atoms with Crippen LogP contribution in [0, 0.1) is 0 Å². The van der Waals surface area contributed by atoms with Crippen LogP contribution in [0.1, 0.15) is 6.42 Å². The Morgan fingerprint density at radius 2 is 2.05 bits per heavy atom. The molecule has 21 heavy (non-hydrogen) atoms. The number of hydrogen-bond acceptors (Lipinski definition) is 4. The van der Waals surface area contributed by atoms with E-state index in [1.54, 1.807) is 18.2 Å². The number of aliphatic carboxylic acids is 1. The van der Waals surface area contributed by atoms with Gasteiger partial charge >= 0.3 is 12.0 Å². The molecule has 5 N–H and O–H groups in total. The van der Waals surface area contributed by atoms with Crippen LogP contribution in [0.3, 0.4) is 0 Å². The Hall–Kier alpha value is -2.29. The van der Waals surface area contributed by atoms with E-state index in [2.05, 4.69) is 26.6 Å². The smallest absolute Gasteiger partial charge is 0.326 e. The van der Waals surface area contributed by atoms with E-state index >= 15 is 0 Å². The van der Waals surface area contributed by atoms with Crippen molar-refractivity contribution in [1.82, 2.24) is 5.32 Å². The van der Waals surface area contributed by atoms with Crippen LogP contribution in [0.4, 0.5) is 10.5 Å². The minimum absolute atomic E-state index is 0.391. The molecule has 0 fully saturated rings. The Labute approximate surface area is 128 Å². The molecule has 9 heteroatoms. The number of ether oxygens (including phenoxy) is 1. The molecule has 0 aliphatic carbocycles. The summed E-state index contributed by atoms with van der Waals surface area (Å²) in [4.78, 5) is 33.4. The molecule has 0 radical (unpaired) electrons. The molecule has 0 saturated heterocycles. The Kier molecular flexibility index (Phi) is 5.97. The third-order valence-corrected chi connectivity index (χ3v) is 2.83. The van der Waals surface area contributed by atoms with Gasteiger partial charge in [-0.1, -0.05) is 15.9 Å². The summed E-state index contributed by atoms with van der Waals surface area (Å²) >= 11 is 3.24. The van der Waals surface area contributed by atoms with Crippen molar-refractivity contribution in [3.8, 4) is 5.75 Å². The summed E-state index contributed by atoms with van der Waals surface area (Å²) in [5, 5.41) is 13.5. The first-order chi connectivity index (χ1) is 9.81. The average Bonchev–Trinajstić information content (AvgIpc) is 2.36. The van der Waals surface area contributed by atoms with Gasteiger partial charge in [0, 0.05) is 16.2 Å². The van der Waals surface area contributed by atoms with Crippen LogP contribution in [-0.4, -0.2) is 36.2 Å². The predicted octanol–water partition coefficient (Wildman–Crippen LogP) is 0.908. The quantitative estimate of drug-likeness (QED) is 0.599. The molecule has 3 amide bonds. The van der Waals surface area contributed by atoms with Gasteiger partial charge in [-0.15, -0.1) is 0 Å². The van der Waals surface area contributed by atoms with E-state index < -0.39 is 30.4 Å². The maximum Gasteiger partial charge on any atom is 0.326 e. The Bertz CT molecular complexity index is 564. The van der Waals surface area contributed by atoms with Gasteiger partial charge in [0.1, 0.15) is 11.8 Å². The van der Waals surface area contributed by atoms with E-state index in [4.69, 9.17) is 15.6 Å². The number of halogens is 1. The minimum Gasteiger partial charge on any atom is -0.497 e. The van der Waals surface area contributed by atoms with Gasteiger partial charge in [-0.2, -0.15) is 0 Å². The standard InChI is InChI=1S/C12H14BrN3O5/c1-21-8-3-6(13)2-7(4-8)15-12(20)16-9(11(18)19)5-10(14)17/h2-4,9H,5H2,1H3,(H2,14,17)(H,18,19)(H2,15,16,20)/t9-/m1/s1. The number of primary amides is 1. The normalized spacial score (nSPS) is 11.3. The zero-order valence-corrected chi connectivity index (χ0v) is 12.6. The number of nitrogens with one attached hydrogen (secondary N) is 2. The lowest BCUT2D eigenvalue weighted by Crippen LogP contribution is -2.45. The van der Waals surface area contributed by atoms with Crippen LogP contribution in [0.2, 0.25) is 0 Å². The second kappa shape index (κ2) is 7.48. The highest BCUT2D eigenvalue weighted by atomic mass is 79.9. The Morgan fingerprint density at radius 1 is 1.38 bits per heavy atom. The summed E-state index contributed by atoms with van der Waals surface area (Å²) < 4.78 is 5.70. The van der Waals surface area contributed by atoms with E-state index in [-0.39, 0.29) is 0 Å². The number of urea groups is 1. The SMILES string of the molecule is COc1cc(Br)cc(NC(=O)N[C@H](CC(N)=O)C(=O)O)c1. The zero-order chi connectivity index (χ0) is 16.0. The predicted molar refractivity (Wildman–Crippen MR) is 78.1 cm³/mol. The maximum atomic E-state index is 11.7. The molecule has 0 heterocycles. The molecule has 1 aromatic carbocycles. The molecule has 0 saturated carbocycles. The number of carbonyl (C=O) groups is 3. The van der Waals surface area contributed by atoms with Crippen molar-refractivity contribution in [3.05, 3.63) is 22.7 Å². The van der Waals surface area contributed by atoms with E-state index in [0.29, 0.717) is 15.9 Å². The van der Waals surface area contributed by atoms with Crippen LogP contribution in [0.5, 0.6) is 5.75 Å². The molecule has 1 rings (SSSR count). The molecular weight excluding hydrogens is 346 g/mol. The third-order valence-electron chi connectivity index (χ3n) is 2.37. The fraction of sp³-hybridized carbons (Fsp3) is 0.250. The average molecular weight is 360 g/mol. The number of methoxy groups -OCH3 is 1. The molecule has 114 valence electrons. The molecule has 0 aliphatic heterocycles. The van der Waals surface area contributed by atoms with E-state index in [0.717, 1.165) is 0 Å². The summed E-state index contributed by atoms with van der Waals surface area (Å²) in [5.41, 5.74) is 5.31. The summed E-state index contributed by atoms with van der Waals surface area (Å²) in [5.74, 6) is -1.67. The molecular formula is C12H14BrN3O5. The van der Waals surface area contributed by atoms with Crippen LogP contribution >= 0.6 is 15.9 Å². The van der Waals surface area contributed by atoms with Gasteiger partial charge in [-0.05, 0) is 12.1 Å². The summed E-state index contributed by atoms with van der Waals surface area (Å²) in [6.07, 6.45) is -0.495. The zero-order valence-electron chi connectivity index (χ0n) is 11.1. The minimum atomic E-state index is -1.39. The number of nitrogens with two attached hydrogens (primary N) is 1. The Morgan fingerprint density at radius 3 is 2.57 bits per heavy atom. The van der Waals surface area contributed by atoms with Gasteiger partial charge in [0.15, 0.2) is 0 Å². The van der Waals surface area contributed by atoms with Gasteiger partial charge in [0.2, 0.25) is 5.91 Å². The second-order valence-electron chi connectivity index (χ2n) is 4.04. The molecule has 0 spiro atoms. The molecule has 1 aromatic rings. The summed E-state index contributed by atoms with van der Waals surface area (Å²) in [6, 6.07) is 2.68. The van der Waals surface area contributed by atoms with E-state index in [1.807, 2.05) is 0 Å². The first-order valence-electron chi connectivity index (χ1n) is 5.75. The van der Waals surface area contributed by atoms with Gasteiger partial charge in [-0.3, -0.25) is 4.79 Å². The molecule has 0 unspecified atom stereocenters. The van der Waals surface area contributed by atoms with Gasteiger partial charge in [-0.25, -0.2) is 9.59 Å². The monoisotopic (exact) mass is 359 g/mol. The van der Waals surface area contributed by atoms with E-state index in [9.17, 15) is 14.4 Å². The van der Waals surface area contributed by atoms with Crippen LogP contribution in [0.25, 0.3) is 0 Å². The molecule has 0 bridgehead atoms. The number of anilines is 1. The maximum absolute atomic E-state index is 11.7. The van der Waals surface area contributed by atoms with Gasteiger partial charge < -0.3 is 26.2 Å². The lowest BCUT2D eigenvalue weighted by atomic mass is 10.2. The highest BCUT2D eigenvalue weighted by Crippen LogP contribution is 2.24. The number of carboxylic acids is 1. The number of hydrogen-bond donors (Lipinski definition) is 4. The fourth-order valence-electron chi connectivity index (χ4n) is 1.48. The number of carboxylic acid groups (broad SMARTS) is 1. The van der Waals surface area contributed by atoms with Crippen LogP contribution in [-0.2, 0) is 9.59 Å². The lowest BCUT2D eigenvalue weighted by molar-refractivity contribution is -0.140. The van der Waals surface area contributed by atoms with Crippen molar-refractivity contribution in [3.63, 3.8) is 0 Å². The number of amides is 3. The van der Waals surface area contributed by atoms with Crippen molar-refractivity contribution >= 4 is 39.5 Å². The van der Waals surface area contributed by atoms with Crippen molar-refractivity contribution in [2.24, 2.45) is 5.73 Å². The van der Waals surface area contributed by atoms with Gasteiger partial charge in [0.05, 0.1) is 13.5 Å². The van der Waals surface area contributed by atoms with Gasteiger partial charge in [0.25, 0.3) is 0 Å². The van der Waals surface area contributed by atoms with Crippen molar-refractivity contribution in [2.75, 3.05) is 12.4 Å². The van der Waals surface area contributed by atoms with E-state index in [1.165, 1.54) is 7.11 Å². The van der Waals surface area contributed by atoms with Crippen LogP contribution < -0.4 is 21.1 Å². The second-order valence-corrected chi connectivity index (χ2v) is 4.96. The fourth-order valence-corrected chi connectivity index (χ4v) is 1.95. The molecule has 0 aliphatic rings. The molecule has 1 atom stereocenters. The number of carbonyl (C=O) groups excluding carboxylic acids is 2. The highest BCUT2D eigenvalue weighted by Gasteiger charge is 2.22. The van der Waals surface area contributed by atoms with Crippen LogP contribution in [0.15, 0.2) is 22.7 Å². The topological polar surface area (TPSA) is 131 Å². The summed E-state index contributed by atoms with van der Waals surface area (Å²) in [6.45, 7) is 0. The number of rotatable bonds is 6. The lowest BCUT2D eigenvalue weighted by Gasteiger charge is -2.14. The third kappa shape index (κ3) is 5.69. The first-order valence-corrected chi connectivity index (χ1v) is 6.54. The van der Waals surface area contributed by atoms with Crippen molar-refractivity contribution in [1.29, 1.82) is 0 Å². The van der Waals surface area contributed by atoms with Crippen molar-refractivity contribution < 1.29 is 24.2 Å². The molecule has 0 aromatic heterocycles. The molecule has 8 nitrogen and oxygen atoms in total. The first kappa shape index (κ1) is 16.8. The Balaban J connectivity index is 2.74.